The van der Waals surface area contributed by atoms with Crippen molar-refractivity contribution in [1.82, 2.24) is 4.98 Å². The first-order valence-corrected chi connectivity index (χ1v) is 12.4. The highest BCUT2D eigenvalue weighted by Gasteiger charge is 2.22. The van der Waals surface area contributed by atoms with Crippen LogP contribution in [0.1, 0.15) is 22.5 Å². The third-order valence-corrected chi connectivity index (χ3v) is 7.11. The Morgan fingerprint density at radius 2 is 1.87 bits per heavy atom. The minimum absolute atomic E-state index is 0.124. The highest BCUT2D eigenvalue weighted by molar-refractivity contribution is 7.90. The molecule has 0 bridgehead atoms. The van der Waals surface area contributed by atoms with E-state index in [1.807, 2.05) is 19.9 Å². The summed E-state index contributed by atoms with van der Waals surface area (Å²) in [5.41, 5.74) is 3.84. The summed E-state index contributed by atoms with van der Waals surface area (Å²) in [4.78, 5) is 19.9. The van der Waals surface area contributed by atoms with Crippen molar-refractivity contribution in [2.75, 3.05) is 11.2 Å². The Morgan fingerprint density at radius 3 is 2.52 bits per heavy atom. The van der Waals surface area contributed by atoms with Crippen LogP contribution in [0.4, 0.5) is 5.13 Å². The van der Waals surface area contributed by atoms with Crippen molar-refractivity contribution >= 4 is 42.4 Å². The molecule has 0 aliphatic carbocycles. The van der Waals surface area contributed by atoms with Crippen molar-refractivity contribution in [1.29, 1.82) is 0 Å². The van der Waals surface area contributed by atoms with Crippen molar-refractivity contribution < 1.29 is 17.6 Å². The van der Waals surface area contributed by atoms with Crippen LogP contribution in [0.2, 0.25) is 0 Å². The Kier molecular flexibility index (Phi) is 5.68. The van der Waals surface area contributed by atoms with E-state index in [1.165, 1.54) is 23.5 Å². The third-order valence-electron chi connectivity index (χ3n) is 4.95. The van der Waals surface area contributed by atoms with Gasteiger partial charge in [0.25, 0.3) is 0 Å². The summed E-state index contributed by atoms with van der Waals surface area (Å²) in [6, 6.07) is 14.2. The fourth-order valence-corrected chi connectivity index (χ4v) is 5.21. The maximum Gasteiger partial charge on any atom is 0.233 e. The van der Waals surface area contributed by atoms with E-state index in [0.29, 0.717) is 10.9 Å². The molecule has 0 fully saturated rings. The Morgan fingerprint density at radius 1 is 1.13 bits per heavy atom. The van der Waals surface area contributed by atoms with Crippen LogP contribution in [-0.4, -0.2) is 25.6 Å². The molecule has 2 aromatic carbocycles. The molecule has 0 aliphatic heterocycles. The molecule has 0 spiro atoms. The molecule has 4 rings (SSSR count). The van der Waals surface area contributed by atoms with Gasteiger partial charge in [0, 0.05) is 6.26 Å². The molecule has 0 radical (unpaired) electrons. The van der Waals surface area contributed by atoms with Gasteiger partial charge in [0.2, 0.25) is 5.91 Å². The van der Waals surface area contributed by atoms with Gasteiger partial charge in [-0.2, -0.15) is 0 Å². The molecule has 4 aromatic rings. The zero-order valence-corrected chi connectivity index (χ0v) is 19.1. The van der Waals surface area contributed by atoms with E-state index < -0.39 is 9.84 Å². The third kappa shape index (κ3) is 4.70. The lowest BCUT2D eigenvalue weighted by Gasteiger charge is -2.19. The van der Waals surface area contributed by atoms with E-state index in [1.54, 1.807) is 29.4 Å². The van der Waals surface area contributed by atoms with E-state index in [2.05, 4.69) is 12.1 Å². The van der Waals surface area contributed by atoms with Crippen molar-refractivity contribution in [3.63, 3.8) is 0 Å². The van der Waals surface area contributed by atoms with Crippen LogP contribution in [-0.2, 0) is 27.6 Å². The zero-order chi connectivity index (χ0) is 22.2. The van der Waals surface area contributed by atoms with Gasteiger partial charge in [0.15, 0.2) is 15.0 Å². The first kappa shape index (κ1) is 21.3. The van der Waals surface area contributed by atoms with Crippen molar-refractivity contribution in [2.24, 2.45) is 0 Å². The largest absolute Gasteiger partial charge is 0.467 e. The predicted octanol–water partition coefficient (Wildman–Crippen LogP) is 4.69. The van der Waals surface area contributed by atoms with Crippen LogP contribution in [0, 0.1) is 13.8 Å². The maximum atomic E-state index is 13.3. The molecule has 0 unspecified atom stereocenters. The molecule has 31 heavy (non-hydrogen) atoms. The maximum absolute atomic E-state index is 13.3. The number of aromatic nitrogens is 1. The van der Waals surface area contributed by atoms with Gasteiger partial charge in [-0.05, 0) is 60.9 Å². The second kappa shape index (κ2) is 8.28. The first-order valence-electron chi connectivity index (χ1n) is 9.70. The average molecular weight is 455 g/mol. The summed E-state index contributed by atoms with van der Waals surface area (Å²) in [5, 5.41) is 0.609. The second-order valence-corrected chi connectivity index (χ2v) is 10.6. The quantitative estimate of drug-likeness (QED) is 0.422. The number of hydrogen-bond donors (Lipinski definition) is 0. The summed E-state index contributed by atoms with van der Waals surface area (Å²) >= 11 is 1.47. The molecule has 6 nitrogen and oxygen atoms in total. The first-order chi connectivity index (χ1) is 14.7. The molecule has 8 heteroatoms. The van der Waals surface area contributed by atoms with Gasteiger partial charge in [-0.1, -0.05) is 29.5 Å². The highest BCUT2D eigenvalue weighted by Crippen LogP contribution is 2.33. The second-order valence-electron chi connectivity index (χ2n) is 7.58. The average Bonchev–Trinajstić information content (AvgIpc) is 3.35. The van der Waals surface area contributed by atoms with Crippen LogP contribution in [0.5, 0.6) is 0 Å². The number of fused-ring (bicyclic) bond motifs is 1. The number of aryl methyl sites for hydroxylation is 2. The zero-order valence-electron chi connectivity index (χ0n) is 17.5. The van der Waals surface area contributed by atoms with E-state index in [-0.39, 0.29) is 23.8 Å². The number of carbonyl (C=O) groups excluding carboxylic acids is 1. The van der Waals surface area contributed by atoms with Gasteiger partial charge in [-0.3, -0.25) is 9.69 Å². The van der Waals surface area contributed by atoms with Gasteiger partial charge in [-0.25, -0.2) is 13.4 Å². The van der Waals surface area contributed by atoms with E-state index in [0.717, 1.165) is 33.2 Å². The molecule has 2 heterocycles. The number of nitrogens with zero attached hydrogens (tertiary/aromatic N) is 2. The summed E-state index contributed by atoms with van der Waals surface area (Å²) in [5.74, 6) is 0.518. The number of thiazole rings is 1. The van der Waals surface area contributed by atoms with E-state index in [4.69, 9.17) is 9.40 Å². The number of anilines is 1. The lowest BCUT2D eigenvalue weighted by Crippen LogP contribution is -2.31. The molecule has 160 valence electrons. The lowest BCUT2D eigenvalue weighted by atomic mass is 10.1. The number of hydrogen-bond acceptors (Lipinski definition) is 6. The normalized spacial score (nSPS) is 11.7. The number of benzene rings is 2. The summed E-state index contributed by atoms with van der Waals surface area (Å²) in [6.45, 7) is 4.32. The van der Waals surface area contributed by atoms with Gasteiger partial charge < -0.3 is 4.42 Å². The fraction of sp³-hybridized carbons (Fsp3) is 0.217. The minimum Gasteiger partial charge on any atom is -0.467 e. The summed E-state index contributed by atoms with van der Waals surface area (Å²) < 4.78 is 29.9. The molecular formula is C23H22N2O4S2. The number of rotatable bonds is 6. The SMILES string of the molecule is Cc1cc(C)c2nc(N(Cc3ccco3)C(=O)Cc3ccc(S(C)(=O)=O)cc3)sc2c1. The van der Waals surface area contributed by atoms with Crippen LogP contribution < -0.4 is 4.90 Å². The predicted molar refractivity (Wildman–Crippen MR) is 122 cm³/mol. The molecule has 0 atom stereocenters. The number of sulfone groups is 1. The molecule has 0 saturated heterocycles. The van der Waals surface area contributed by atoms with Gasteiger partial charge in [0.05, 0.1) is 34.3 Å². The molecule has 0 aliphatic rings. The monoisotopic (exact) mass is 454 g/mol. The number of carbonyl (C=O) groups is 1. The summed E-state index contributed by atoms with van der Waals surface area (Å²) in [6.07, 6.45) is 2.86. The van der Waals surface area contributed by atoms with E-state index in [9.17, 15) is 13.2 Å². The molecular weight excluding hydrogens is 432 g/mol. The lowest BCUT2D eigenvalue weighted by molar-refractivity contribution is -0.118. The summed E-state index contributed by atoms with van der Waals surface area (Å²) in [7, 11) is -3.28. The van der Waals surface area contributed by atoms with Crippen LogP contribution in [0.15, 0.2) is 64.1 Å². The molecule has 2 aromatic heterocycles. The Bertz CT molecular complexity index is 1340. The molecule has 0 saturated carbocycles. The van der Waals surface area contributed by atoms with Gasteiger partial charge in [-0.15, -0.1) is 0 Å². The van der Waals surface area contributed by atoms with Crippen LogP contribution in [0.25, 0.3) is 10.2 Å². The van der Waals surface area contributed by atoms with Gasteiger partial charge in [0.1, 0.15) is 5.76 Å². The fourth-order valence-electron chi connectivity index (χ4n) is 3.42. The van der Waals surface area contributed by atoms with Crippen molar-refractivity contribution in [2.45, 2.75) is 31.7 Å². The van der Waals surface area contributed by atoms with Crippen LogP contribution >= 0.6 is 11.3 Å². The highest BCUT2D eigenvalue weighted by atomic mass is 32.2. The Labute approximate surface area is 185 Å². The standard InChI is InChI=1S/C23H22N2O4S2/c1-15-11-16(2)22-20(12-15)30-23(24-22)25(14-18-5-4-10-29-18)21(26)13-17-6-8-19(9-7-17)31(3,27)28/h4-12H,13-14H2,1-3H3. The Balaban J connectivity index is 1.66. The van der Waals surface area contributed by atoms with Crippen LogP contribution in [0.3, 0.4) is 0 Å². The van der Waals surface area contributed by atoms with Crippen molar-refractivity contribution in [3.05, 3.63) is 77.2 Å². The minimum atomic E-state index is -3.28. The number of amides is 1. The molecule has 0 N–H and O–H groups in total. The Hall–Kier alpha value is -2.97. The van der Waals surface area contributed by atoms with Gasteiger partial charge >= 0.3 is 0 Å². The topological polar surface area (TPSA) is 80.5 Å². The van der Waals surface area contributed by atoms with Crippen molar-refractivity contribution in [3.8, 4) is 0 Å². The smallest absolute Gasteiger partial charge is 0.233 e. The number of furan rings is 1. The van der Waals surface area contributed by atoms with E-state index >= 15 is 0 Å². The molecule has 1 amide bonds.